The van der Waals surface area contributed by atoms with Crippen molar-refractivity contribution in [2.24, 2.45) is 0 Å². The molecule has 0 saturated heterocycles. The van der Waals surface area contributed by atoms with Gasteiger partial charge in [0.05, 0.1) is 5.69 Å². The first-order valence-electron chi connectivity index (χ1n) is 6.18. The van der Waals surface area contributed by atoms with Crippen LogP contribution in [0.3, 0.4) is 0 Å². The summed E-state index contributed by atoms with van der Waals surface area (Å²) < 4.78 is 26.3. The number of halogens is 2. The van der Waals surface area contributed by atoms with E-state index in [1.54, 1.807) is 0 Å². The van der Waals surface area contributed by atoms with Gasteiger partial charge in [0, 0.05) is 6.04 Å². The van der Waals surface area contributed by atoms with Crippen molar-refractivity contribution in [3.8, 4) is 0 Å². The average molecular weight is 254 g/mol. The minimum Gasteiger partial charge on any atom is -0.335 e. The summed E-state index contributed by atoms with van der Waals surface area (Å²) in [4.78, 5) is 11.6. The second kappa shape index (κ2) is 5.80. The summed E-state index contributed by atoms with van der Waals surface area (Å²) in [6.07, 6.45) is 5.27. The molecule has 2 amide bonds. The van der Waals surface area contributed by atoms with Gasteiger partial charge in [-0.25, -0.2) is 13.6 Å². The molecular formula is C13H16F2N2O. The lowest BCUT2D eigenvalue weighted by molar-refractivity contribution is 0.244. The summed E-state index contributed by atoms with van der Waals surface area (Å²) in [5, 5.41) is 5.11. The van der Waals surface area contributed by atoms with E-state index in [-0.39, 0.29) is 11.7 Å². The molecule has 0 aliphatic heterocycles. The van der Waals surface area contributed by atoms with Gasteiger partial charge in [-0.1, -0.05) is 25.3 Å². The molecule has 18 heavy (non-hydrogen) atoms. The number of carbonyl (C=O) groups excluding carboxylic acids is 1. The summed E-state index contributed by atoms with van der Waals surface area (Å²) in [5.41, 5.74) is -0.136. The summed E-state index contributed by atoms with van der Waals surface area (Å²) in [7, 11) is 0. The Morgan fingerprint density at radius 3 is 2.61 bits per heavy atom. The van der Waals surface area contributed by atoms with Crippen LogP contribution < -0.4 is 10.6 Å². The highest BCUT2D eigenvalue weighted by molar-refractivity contribution is 5.89. The molecule has 1 aromatic rings. The highest BCUT2D eigenvalue weighted by atomic mass is 19.2. The number of rotatable bonds is 2. The van der Waals surface area contributed by atoms with Gasteiger partial charge < -0.3 is 10.6 Å². The van der Waals surface area contributed by atoms with Crippen LogP contribution in [0.2, 0.25) is 0 Å². The van der Waals surface area contributed by atoms with Crippen LogP contribution in [0.5, 0.6) is 0 Å². The lowest BCUT2D eigenvalue weighted by Crippen LogP contribution is -2.39. The van der Waals surface area contributed by atoms with Crippen molar-refractivity contribution in [3.05, 3.63) is 29.8 Å². The molecule has 98 valence electrons. The zero-order chi connectivity index (χ0) is 13.0. The van der Waals surface area contributed by atoms with Crippen molar-refractivity contribution >= 4 is 11.7 Å². The summed E-state index contributed by atoms with van der Waals surface area (Å²) in [5.74, 6) is -2.00. The normalized spacial score (nSPS) is 16.3. The minimum atomic E-state index is -1.03. The maximum Gasteiger partial charge on any atom is 0.319 e. The zero-order valence-corrected chi connectivity index (χ0v) is 10.0. The van der Waals surface area contributed by atoms with Crippen molar-refractivity contribution in [2.75, 3.05) is 5.32 Å². The summed E-state index contributed by atoms with van der Waals surface area (Å²) in [6.45, 7) is 0. The van der Waals surface area contributed by atoms with Crippen LogP contribution in [0.15, 0.2) is 18.2 Å². The van der Waals surface area contributed by atoms with Crippen LogP contribution in [0, 0.1) is 11.6 Å². The molecule has 0 heterocycles. The van der Waals surface area contributed by atoms with Crippen LogP contribution in [-0.4, -0.2) is 12.1 Å². The second-order valence-corrected chi connectivity index (χ2v) is 4.53. The number of carbonyl (C=O) groups is 1. The quantitative estimate of drug-likeness (QED) is 0.834. The molecule has 0 bridgehead atoms. The number of nitrogens with one attached hydrogen (secondary N) is 2. The van der Waals surface area contributed by atoms with Gasteiger partial charge in [0.25, 0.3) is 0 Å². The van der Waals surface area contributed by atoms with Crippen molar-refractivity contribution in [1.82, 2.24) is 5.32 Å². The molecule has 1 aliphatic carbocycles. The van der Waals surface area contributed by atoms with E-state index >= 15 is 0 Å². The monoisotopic (exact) mass is 254 g/mol. The highest BCUT2D eigenvalue weighted by Gasteiger charge is 2.16. The first-order chi connectivity index (χ1) is 8.66. The van der Waals surface area contributed by atoms with Crippen molar-refractivity contribution in [3.63, 3.8) is 0 Å². The molecule has 2 N–H and O–H groups in total. The van der Waals surface area contributed by atoms with Crippen molar-refractivity contribution < 1.29 is 13.6 Å². The standard InChI is InChI=1S/C13H16F2N2O/c14-10-7-4-8-11(12(10)15)17-13(18)16-9-5-2-1-3-6-9/h4,7-9H,1-3,5-6H2,(H2,16,17,18). The molecule has 1 aliphatic rings. The van der Waals surface area contributed by atoms with E-state index in [4.69, 9.17) is 0 Å². The number of hydrogen-bond acceptors (Lipinski definition) is 1. The average Bonchev–Trinajstić information content (AvgIpc) is 2.36. The first-order valence-corrected chi connectivity index (χ1v) is 6.18. The lowest BCUT2D eigenvalue weighted by Gasteiger charge is -2.22. The zero-order valence-electron chi connectivity index (χ0n) is 10.0. The largest absolute Gasteiger partial charge is 0.335 e. The van der Waals surface area contributed by atoms with Gasteiger partial charge in [0.1, 0.15) is 0 Å². The van der Waals surface area contributed by atoms with Gasteiger partial charge in [-0.2, -0.15) is 0 Å². The maximum atomic E-state index is 13.3. The highest BCUT2D eigenvalue weighted by Crippen LogP contribution is 2.19. The third-order valence-corrected chi connectivity index (χ3v) is 3.14. The predicted molar refractivity (Wildman–Crippen MR) is 65.4 cm³/mol. The van der Waals surface area contributed by atoms with E-state index in [1.165, 1.54) is 18.6 Å². The Morgan fingerprint density at radius 1 is 1.17 bits per heavy atom. The van der Waals surface area contributed by atoms with E-state index in [0.29, 0.717) is 0 Å². The fraction of sp³-hybridized carbons (Fsp3) is 0.462. The number of anilines is 1. The lowest BCUT2D eigenvalue weighted by atomic mass is 9.96. The Labute approximate surface area is 105 Å². The van der Waals surface area contributed by atoms with Crippen molar-refractivity contribution in [2.45, 2.75) is 38.1 Å². The Balaban J connectivity index is 1.92. The third kappa shape index (κ3) is 3.18. The Hall–Kier alpha value is -1.65. The van der Waals surface area contributed by atoms with Gasteiger partial charge >= 0.3 is 6.03 Å². The van der Waals surface area contributed by atoms with E-state index in [9.17, 15) is 13.6 Å². The number of urea groups is 1. The second-order valence-electron chi connectivity index (χ2n) is 4.53. The van der Waals surface area contributed by atoms with Crippen LogP contribution in [-0.2, 0) is 0 Å². The number of hydrogen-bond donors (Lipinski definition) is 2. The molecular weight excluding hydrogens is 238 g/mol. The third-order valence-electron chi connectivity index (χ3n) is 3.14. The molecule has 0 aromatic heterocycles. The van der Waals surface area contributed by atoms with E-state index in [1.807, 2.05) is 0 Å². The molecule has 0 unspecified atom stereocenters. The van der Waals surface area contributed by atoms with Gasteiger partial charge in [-0.05, 0) is 25.0 Å². The molecule has 0 radical (unpaired) electrons. The molecule has 1 aromatic carbocycles. The van der Waals surface area contributed by atoms with Crippen LogP contribution >= 0.6 is 0 Å². The fourth-order valence-corrected chi connectivity index (χ4v) is 2.19. The van der Waals surface area contributed by atoms with Crippen LogP contribution in [0.4, 0.5) is 19.3 Å². The predicted octanol–water partition coefficient (Wildman–Crippen LogP) is 3.42. The first kappa shape index (κ1) is 12.8. The number of amides is 2. The number of benzene rings is 1. The van der Waals surface area contributed by atoms with Gasteiger partial charge in [0.15, 0.2) is 11.6 Å². The Bertz CT molecular complexity index is 431. The molecule has 5 heteroatoms. The van der Waals surface area contributed by atoms with Crippen LogP contribution in [0.1, 0.15) is 32.1 Å². The topological polar surface area (TPSA) is 41.1 Å². The minimum absolute atomic E-state index is 0.135. The van der Waals surface area contributed by atoms with E-state index in [0.717, 1.165) is 31.7 Å². The van der Waals surface area contributed by atoms with Crippen LogP contribution in [0.25, 0.3) is 0 Å². The Morgan fingerprint density at radius 2 is 1.89 bits per heavy atom. The molecule has 0 spiro atoms. The van der Waals surface area contributed by atoms with Gasteiger partial charge in [-0.3, -0.25) is 0 Å². The van der Waals surface area contributed by atoms with Gasteiger partial charge in [-0.15, -0.1) is 0 Å². The Kier molecular flexibility index (Phi) is 4.12. The smallest absolute Gasteiger partial charge is 0.319 e. The molecule has 1 saturated carbocycles. The molecule has 3 nitrogen and oxygen atoms in total. The maximum absolute atomic E-state index is 13.3. The molecule has 1 fully saturated rings. The van der Waals surface area contributed by atoms with Crippen molar-refractivity contribution in [1.29, 1.82) is 0 Å². The summed E-state index contributed by atoms with van der Waals surface area (Å²) >= 11 is 0. The fourth-order valence-electron chi connectivity index (χ4n) is 2.19. The van der Waals surface area contributed by atoms with Gasteiger partial charge in [0.2, 0.25) is 0 Å². The molecule has 0 atom stereocenters. The SMILES string of the molecule is O=C(Nc1cccc(F)c1F)NC1CCCCC1. The molecule has 2 rings (SSSR count). The van der Waals surface area contributed by atoms with E-state index in [2.05, 4.69) is 10.6 Å². The van der Waals surface area contributed by atoms with E-state index < -0.39 is 17.7 Å². The summed E-state index contributed by atoms with van der Waals surface area (Å²) in [6, 6.07) is 3.36.